The van der Waals surface area contributed by atoms with Crippen LogP contribution in [0.25, 0.3) is 6.08 Å². The number of carboxylic acid groups (broad SMARTS) is 1. The van der Waals surface area contributed by atoms with Crippen LogP contribution in [0, 0.1) is 0 Å². The van der Waals surface area contributed by atoms with E-state index in [1.165, 1.54) is 24.3 Å². The third kappa shape index (κ3) is 4.29. The largest absolute Gasteiger partial charge is 0.508 e. The number of benzene rings is 2. The van der Waals surface area contributed by atoms with Crippen molar-refractivity contribution < 1.29 is 24.9 Å². The highest BCUT2D eigenvalue weighted by molar-refractivity contribution is 8.26. The molecule has 1 saturated heterocycles. The summed E-state index contributed by atoms with van der Waals surface area (Å²) in [5.74, 6) is -1.44. The van der Waals surface area contributed by atoms with E-state index in [4.69, 9.17) is 12.2 Å². The highest BCUT2D eigenvalue weighted by Gasteiger charge is 2.40. The van der Waals surface area contributed by atoms with Crippen LogP contribution in [-0.4, -0.2) is 42.5 Å². The average molecular weight is 401 g/mol. The van der Waals surface area contributed by atoms with E-state index < -0.39 is 17.9 Å². The van der Waals surface area contributed by atoms with E-state index in [0.29, 0.717) is 16.0 Å². The zero-order chi connectivity index (χ0) is 19.6. The lowest BCUT2D eigenvalue weighted by atomic mass is 10.0. The third-order valence-corrected chi connectivity index (χ3v) is 5.31. The maximum atomic E-state index is 12.8. The Bertz CT molecular complexity index is 922. The second-order valence-electron chi connectivity index (χ2n) is 5.87. The Labute approximate surface area is 164 Å². The van der Waals surface area contributed by atoms with E-state index in [0.717, 1.165) is 16.7 Å². The molecular formula is C19H15NO5S2. The summed E-state index contributed by atoms with van der Waals surface area (Å²) in [6, 6.07) is 11.3. The van der Waals surface area contributed by atoms with Gasteiger partial charge < -0.3 is 15.3 Å². The molecule has 6 nitrogen and oxygen atoms in total. The van der Waals surface area contributed by atoms with Crippen molar-refractivity contribution >= 4 is 46.3 Å². The lowest BCUT2D eigenvalue weighted by molar-refractivity contribution is -0.145. The molecule has 0 aliphatic carbocycles. The van der Waals surface area contributed by atoms with E-state index in [1.54, 1.807) is 30.3 Å². The quantitative estimate of drug-likeness (QED) is 0.523. The number of carbonyl (C=O) groups is 2. The summed E-state index contributed by atoms with van der Waals surface area (Å²) < 4.78 is 0.177. The van der Waals surface area contributed by atoms with Crippen molar-refractivity contribution in [2.24, 2.45) is 0 Å². The van der Waals surface area contributed by atoms with Gasteiger partial charge in [-0.05, 0) is 41.5 Å². The number of aromatic hydroxyl groups is 2. The summed E-state index contributed by atoms with van der Waals surface area (Å²) in [6.07, 6.45) is 1.67. The molecule has 1 aliphatic rings. The number of amides is 1. The summed E-state index contributed by atoms with van der Waals surface area (Å²) in [4.78, 5) is 26.0. The van der Waals surface area contributed by atoms with Gasteiger partial charge in [0.25, 0.3) is 5.91 Å². The summed E-state index contributed by atoms with van der Waals surface area (Å²) >= 11 is 6.29. The lowest BCUT2D eigenvalue weighted by Gasteiger charge is -2.23. The van der Waals surface area contributed by atoms with Crippen molar-refractivity contribution in [2.75, 3.05) is 0 Å². The topological polar surface area (TPSA) is 98.1 Å². The molecule has 3 rings (SSSR count). The molecule has 138 valence electrons. The van der Waals surface area contributed by atoms with Gasteiger partial charge in [-0.1, -0.05) is 48.2 Å². The van der Waals surface area contributed by atoms with Crippen LogP contribution in [-0.2, 0) is 16.0 Å². The molecule has 1 heterocycles. The number of hydrogen-bond acceptors (Lipinski definition) is 6. The van der Waals surface area contributed by atoms with Crippen LogP contribution in [0.4, 0.5) is 0 Å². The predicted molar refractivity (Wildman–Crippen MR) is 106 cm³/mol. The Hall–Kier alpha value is -2.84. The minimum atomic E-state index is -1.16. The summed E-state index contributed by atoms with van der Waals surface area (Å²) in [6.45, 7) is 0. The van der Waals surface area contributed by atoms with Gasteiger partial charge in [-0.2, -0.15) is 0 Å². The third-order valence-electron chi connectivity index (χ3n) is 3.98. The van der Waals surface area contributed by atoms with Crippen LogP contribution >= 0.6 is 24.0 Å². The van der Waals surface area contributed by atoms with Crippen LogP contribution in [0.2, 0.25) is 0 Å². The van der Waals surface area contributed by atoms with Gasteiger partial charge in [-0.3, -0.25) is 9.69 Å². The van der Waals surface area contributed by atoms with Crippen LogP contribution in [0.3, 0.4) is 0 Å². The number of phenols is 2. The van der Waals surface area contributed by atoms with Gasteiger partial charge in [0, 0.05) is 6.42 Å². The molecular weight excluding hydrogens is 386 g/mol. The molecule has 0 saturated carbocycles. The molecule has 2 aromatic rings. The second-order valence-corrected chi connectivity index (χ2v) is 7.54. The Morgan fingerprint density at radius 1 is 1.07 bits per heavy atom. The minimum absolute atomic E-state index is 0.0640. The molecule has 0 aromatic heterocycles. The van der Waals surface area contributed by atoms with Gasteiger partial charge in [0.2, 0.25) is 0 Å². The number of phenolic OH excluding ortho intramolecular Hbond substituents is 2. The predicted octanol–water partition coefficient (Wildman–Crippen LogP) is 2.99. The number of carboxylic acids is 1. The van der Waals surface area contributed by atoms with E-state index >= 15 is 0 Å². The SMILES string of the molecule is O=C(O)C(Cc1ccc(O)cc1)N1C(=O)/C(=C/c2ccc(O)cc2)SC1=S. The van der Waals surface area contributed by atoms with Crippen LogP contribution in [0.1, 0.15) is 11.1 Å². The monoisotopic (exact) mass is 401 g/mol. The number of thiocarbonyl (C=S) groups is 1. The highest BCUT2D eigenvalue weighted by atomic mass is 32.2. The first kappa shape index (κ1) is 18.9. The van der Waals surface area contributed by atoms with Gasteiger partial charge in [0.1, 0.15) is 21.9 Å². The molecule has 1 unspecified atom stereocenters. The van der Waals surface area contributed by atoms with Crippen molar-refractivity contribution in [2.45, 2.75) is 12.5 Å². The van der Waals surface area contributed by atoms with Crippen molar-refractivity contribution in [3.05, 3.63) is 64.6 Å². The fourth-order valence-corrected chi connectivity index (χ4v) is 3.97. The molecule has 0 spiro atoms. The van der Waals surface area contributed by atoms with Crippen molar-refractivity contribution in [1.82, 2.24) is 4.90 Å². The molecule has 0 bridgehead atoms. The fourth-order valence-electron chi connectivity index (χ4n) is 2.61. The van der Waals surface area contributed by atoms with Crippen molar-refractivity contribution in [3.63, 3.8) is 0 Å². The molecule has 3 N–H and O–H groups in total. The molecule has 27 heavy (non-hydrogen) atoms. The normalized spacial score (nSPS) is 16.7. The standard InChI is InChI=1S/C19H15NO5S2/c21-13-5-1-11(2-6-13)9-15(18(24)25)20-17(23)16(27-19(20)26)10-12-3-7-14(22)8-4-12/h1-8,10,15,21-22H,9H2,(H,24,25)/b16-10-. The first-order valence-electron chi connectivity index (χ1n) is 7.92. The Balaban J connectivity index is 1.86. The Morgan fingerprint density at radius 2 is 1.63 bits per heavy atom. The van der Waals surface area contributed by atoms with Crippen LogP contribution < -0.4 is 0 Å². The number of hydrogen-bond donors (Lipinski definition) is 3. The van der Waals surface area contributed by atoms with Gasteiger partial charge in [-0.25, -0.2) is 4.79 Å². The highest BCUT2D eigenvalue weighted by Crippen LogP contribution is 2.35. The summed E-state index contributed by atoms with van der Waals surface area (Å²) in [5.41, 5.74) is 1.36. The number of rotatable bonds is 5. The molecule has 0 radical (unpaired) electrons. The molecule has 8 heteroatoms. The molecule has 1 amide bonds. The van der Waals surface area contributed by atoms with E-state index in [1.807, 2.05) is 0 Å². The first-order valence-corrected chi connectivity index (χ1v) is 9.14. The van der Waals surface area contributed by atoms with Crippen LogP contribution in [0.15, 0.2) is 53.4 Å². The maximum absolute atomic E-state index is 12.8. The molecule has 1 aliphatic heterocycles. The number of aliphatic carboxylic acids is 1. The van der Waals surface area contributed by atoms with Gasteiger partial charge in [0.15, 0.2) is 0 Å². The Morgan fingerprint density at radius 3 is 2.19 bits per heavy atom. The maximum Gasteiger partial charge on any atom is 0.327 e. The van der Waals surface area contributed by atoms with E-state index in [9.17, 15) is 24.9 Å². The van der Waals surface area contributed by atoms with Crippen molar-refractivity contribution in [3.8, 4) is 11.5 Å². The summed E-state index contributed by atoms with van der Waals surface area (Å²) in [5, 5.41) is 28.3. The molecule has 1 atom stereocenters. The smallest absolute Gasteiger partial charge is 0.327 e. The molecule has 2 aromatic carbocycles. The Kier molecular flexibility index (Phi) is 5.48. The number of nitrogens with zero attached hydrogens (tertiary/aromatic N) is 1. The van der Waals surface area contributed by atoms with E-state index in [-0.39, 0.29) is 22.2 Å². The number of carbonyl (C=O) groups excluding carboxylic acids is 1. The second kappa shape index (κ2) is 7.81. The first-order chi connectivity index (χ1) is 12.8. The fraction of sp³-hybridized carbons (Fsp3) is 0.105. The zero-order valence-corrected chi connectivity index (χ0v) is 15.5. The summed E-state index contributed by atoms with van der Waals surface area (Å²) in [7, 11) is 0. The van der Waals surface area contributed by atoms with Gasteiger partial charge in [0.05, 0.1) is 4.91 Å². The van der Waals surface area contributed by atoms with Crippen molar-refractivity contribution in [1.29, 1.82) is 0 Å². The lowest BCUT2D eigenvalue weighted by Crippen LogP contribution is -2.45. The van der Waals surface area contributed by atoms with E-state index in [2.05, 4.69) is 0 Å². The number of thioether (sulfide) groups is 1. The van der Waals surface area contributed by atoms with Gasteiger partial charge >= 0.3 is 5.97 Å². The average Bonchev–Trinajstić information content (AvgIpc) is 2.90. The van der Waals surface area contributed by atoms with Crippen LogP contribution in [0.5, 0.6) is 11.5 Å². The minimum Gasteiger partial charge on any atom is -0.508 e. The molecule has 1 fully saturated rings. The zero-order valence-electron chi connectivity index (χ0n) is 13.9. The van der Waals surface area contributed by atoms with Gasteiger partial charge in [-0.15, -0.1) is 0 Å².